The minimum Gasteiger partial charge on any atom is -0.324 e. The standard InChI is InChI=1S/C18H23N5O4S2/c1-3-16-20-21-17(28-16)19-15(24)12-23(18(25)22-10-4-5-11-22)29(26,27)14-8-6-13(2)7-9-14/h6-9H,3-5,10-12H2,1-2H3,(H,19,21,24). The lowest BCUT2D eigenvalue weighted by molar-refractivity contribution is -0.116. The van der Waals surface area contributed by atoms with Gasteiger partial charge in [-0.25, -0.2) is 17.5 Å². The first-order chi connectivity index (χ1) is 13.8. The van der Waals surface area contributed by atoms with Crippen molar-refractivity contribution < 1.29 is 18.0 Å². The highest BCUT2D eigenvalue weighted by atomic mass is 32.2. The van der Waals surface area contributed by atoms with Gasteiger partial charge in [-0.3, -0.25) is 10.1 Å². The van der Waals surface area contributed by atoms with Gasteiger partial charge in [0.2, 0.25) is 11.0 Å². The zero-order valence-corrected chi connectivity index (χ0v) is 17.9. The van der Waals surface area contributed by atoms with Crippen LogP contribution in [0.5, 0.6) is 0 Å². The van der Waals surface area contributed by atoms with Crippen molar-refractivity contribution in [2.24, 2.45) is 0 Å². The molecule has 1 aliphatic heterocycles. The van der Waals surface area contributed by atoms with Gasteiger partial charge in [-0.05, 0) is 38.3 Å². The Kier molecular flexibility index (Phi) is 6.48. The van der Waals surface area contributed by atoms with Crippen LogP contribution in [0.25, 0.3) is 0 Å². The molecule has 29 heavy (non-hydrogen) atoms. The van der Waals surface area contributed by atoms with Crippen LogP contribution in [0.2, 0.25) is 0 Å². The molecule has 1 aliphatic rings. The zero-order valence-electron chi connectivity index (χ0n) is 16.3. The van der Waals surface area contributed by atoms with E-state index in [0.29, 0.717) is 23.8 Å². The molecule has 1 fully saturated rings. The molecule has 0 spiro atoms. The number of amides is 3. The normalized spacial score (nSPS) is 14.1. The lowest BCUT2D eigenvalue weighted by Crippen LogP contribution is -2.48. The molecule has 0 bridgehead atoms. The second kappa shape index (κ2) is 8.87. The summed E-state index contributed by atoms with van der Waals surface area (Å²) in [6, 6.07) is 5.48. The molecule has 3 amide bonds. The summed E-state index contributed by atoms with van der Waals surface area (Å²) in [6.07, 6.45) is 2.29. The number of likely N-dealkylation sites (tertiary alicyclic amines) is 1. The minimum atomic E-state index is -4.19. The minimum absolute atomic E-state index is 0.0346. The van der Waals surface area contributed by atoms with Crippen molar-refractivity contribution in [1.82, 2.24) is 19.4 Å². The number of hydrogen-bond donors (Lipinski definition) is 1. The number of anilines is 1. The number of hydrogen-bond acceptors (Lipinski definition) is 7. The fourth-order valence-electron chi connectivity index (χ4n) is 2.90. The Labute approximate surface area is 173 Å². The highest BCUT2D eigenvalue weighted by Gasteiger charge is 2.35. The summed E-state index contributed by atoms with van der Waals surface area (Å²) in [4.78, 5) is 26.9. The molecule has 11 heteroatoms. The fourth-order valence-corrected chi connectivity index (χ4v) is 4.93. The molecule has 1 aromatic carbocycles. The van der Waals surface area contributed by atoms with E-state index >= 15 is 0 Å². The summed E-state index contributed by atoms with van der Waals surface area (Å²) in [5.74, 6) is -0.646. The maximum Gasteiger partial charge on any atom is 0.334 e. The molecule has 1 saturated heterocycles. The van der Waals surface area contributed by atoms with Crippen molar-refractivity contribution in [3.8, 4) is 0 Å². The lowest BCUT2D eigenvalue weighted by Gasteiger charge is -2.26. The number of benzene rings is 1. The van der Waals surface area contributed by atoms with Gasteiger partial charge in [0.15, 0.2) is 0 Å². The van der Waals surface area contributed by atoms with Crippen molar-refractivity contribution in [3.63, 3.8) is 0 Å². The lowest BCUT2D eigenvalue weighted by atomic mass is 10.2. The molecule has 156 valence electrons. The Morgan fingerprint density at radius 2 is 1.83 bits per heavy atom. The molecule has 0 radical (unpaired) electrons. The molecule has 0 unspecified atom stereocenters. The van der Waals surface area contributed by atoms with Gasteiger partial charge in [-0.2, -0.15) is 0 Å². The quantitative estimate of drug-likeness (QED) is 0.742. The maximum absolute atomic E-state index is 13.2. The van der Waals surface area contributed by atoms with E-state index in [-0.39, 0.29) is 10.0 Å². The third-order valence-corrected chi connectivity index (χ3v) is 7.22. The molecule has 0 atom stereocenters. The molecule has 2 aromatic rings. The first kappa shape index (κ1) is 21.2. The van der Waals surface area contributed by atoms with E-state index in [1.807, 2.05) is 13.8 Å². The third kappa shape index (κ3) is 4.91. The summed E-state index contributed by atoms with van der Waals surface area (Å²) >= 11 is 1.21. The van der Waals surface area contributed by atoms with Crippen LogP contribution in [0, 0.1) is 6.92 Å². The number of nitrogens with one attached hydrogen (secondary N) is 1. The molecule has 9 nitrogen and oxygen atoms in total. The van der Waals surface area contributed by atoms with Gasteiger partial charge in [0, 0.05) is 13.1 Å². The monoisotopic (exact) mass is 437 g/mol. The smallest absolute Gasteiger partial charge is 0.324 e. The van der Waals surface area contributed by atoms with Crippen LogP contribution >= 0.6 is 11.3 Å². The van der Waals surface area contributed by atoms with Crippen molar-refractivity contribution >= 4 is 38.4 Å². The first-order valence-corrected chi connectivity index (χ1v) is 11.6. The van der Waals surface area contributed by atoms with Crippen LogP contribution in [-0.4, -0.2) is 59.4 Å². The van der Waals surface area contributed by atoms with Gasteiger partial charge < -0.3 is 4.90 Å². The first-order valence-electron chi connectivity index (χ1n) is 9.32. The predicted octanol–water partition coefficient (Wildman–Crippen LogP) is 2.25. The van der Waals surface area contributed by atoms with Gasteiger partial charge >= 0.3 is 6.03 Å². The van der Waals surface area contributed by atoms with Crippen LogP contribution in [-0.2, 0) is 21.2 Å². The van der Waals surface area contributed by atoms with E-state index in [2.05, 4.69) is 15.5 Å². The predicted molar refractivity (Wildman–Crippen MR) is 109 cm³/mol. The summed E-state index contributed by atoms with van der Waals surface area (Å²) in [5, 5.41) is 11.3. The Bertz CT molecular complexity index is 982. The molecule has 1 N–H and O–H groups in total. The third-order valence-electron chi connectivity index (χ3n) is 4.50. The molecule has 3 rings (SSSR count). The van der Waals surface area contributed by atoms with E-state index in [1.54, 1.807) is 12.1 Å². The highest BCUT2D eigenvalue weighted by molar-refractivity contribution is 7.89. The molecule has 0 saturated carbocycles. The van der Waals surface area contributed by atoms with Crippen LogP contribution in [0.3, 0.4) is 0 Å². The number of urea groups is 1. The van der Waals surface area contributed by atoms with Crippen molar-refractivity contribution in [2.75, 3.05) is 25.0 Å². The van der Waals surface area contributed by atoms with E-state index in [0.717, 1.165) is 23.4 Å². The Morgan fingerprint density at radius 1 is 1.17 bits per heavy atom. The number of aryl methyl sites for hydroxylation is 2. The molecule has 0 aliphatic carbocycles. The number of nitrogens with zero attached hydrogens (tertiary/aromatic N) is 4. The Hall–Kier alpha value is -2.53. The van der Waals surface area contributed by atoms with Gasteiger partial charge in [0.25, 0.3) is 10.0 Å². The average Bonchev–Trinajstić information content (AvgIpc) is 3.38. The molecular formula is C18H23N5O4S2. The fraction of sp³-hybridized carbons (Fsp3) is 0.444. The summed E-state index contributed by atoms with van der Waals surface area (Å²) in [7, 11) is -4.19. The SMILES string of the molecule is CCc1nnc(NC(=O)CN(C(=O)N2CCCC2)S(=O)(=O)c2ccc(C)cc2)s1. The largest absolute Gasteiger partial charge is 0.334 e. The van der Waals surface area contributed by atoms with Gasteiger partial charge in [0.05, 0.1) is 4.90 Å². The van der Waals surface area contributed by atoms with E-state index < -0.39 is 28.5 Å². The van der Waals surface area contributed by atoms with Crippen molar-refractivity contribution in [1.29, 1.82) is 0 Å². The van der Waals surface area contributed by atoms with E-state index in [1.165, 1.54) is 28.4 Å². The topological polar surface area (TPSA) is 113 Å². The van der Waals surface area contributed by atoms with Crippen LogP contribution in [0.1, 0.15) is 30.3 Å². The van der Waals surface area contributed by atoms with Crippen molar-refractivity contribution in [2.45, 2.75) is 38.0 Å². The number of carbonyl (C=O) groups excluding carboxylic acids is 2. The second-order valence-electron chi connectivity index (χ2n) is 6.70. The van der Waals surface area contributed by atoms with E-state index in [9.17, 15) is 18.0 Å². The average molecular weight is 438 g/mol. The number of rotatable bonds is 6. The molecular weight excluding hydrogens is 414 g/mol. The van der Waals surface area contributed by atoms with Gasteiger partial charge in [-0.1, -0.05) is 36.0 Å². The Balaban J connectivity index is 1.84. The zero-order chi connectivity index (χ0) is 21.0. The van der Waals surface area contributed by atoms with Crippen LogP contribution in [0.4, 0.5) is 9.93 Å². The van der Waals surface area contributed by atoms with Crippen LogP contribution < -0.4 is 5.32 Å². The summed E-state index contributed by atoms with van der Waals surface area (Å²) in [5.41, 5.74) is 0.891. The number of aromatic nitrogens is 2. The second-order valence-corrected chi connectivity index (χ2v) is 9.63. The number of sulfonamides is 1. The van der Waals surface area contributed by atoms with Crippen LogP contribution in [0.15, 0.2) is 29.2 Å². The summed E-state index contributed by atoms with van der Waals surface area (Å²) < 4.78 is 26.9. The number of carbonyl (C=O) groups is 2. The van der Waals surface area contributed by atoms with Gasteiger partial charge in [0.1, 0.15) is 11.6 Å². The highest BCUT2D eigenvalue weighted by Crippen LogP contribution is 2.21. The Morgan fingerprint density at radius 3 is 2.41 bits per heavy atom. The van der Waals surface area contributed by atoms with Crippen molar-refractivity contribution in [3.05, 3.63) is 34.8 Å². The molecule has 1 aromatic heterocycles. The maximum atomic E-state index is 13.2. The van der Waals surface area contributed by atoms with Gasteiger partial charge in [-0.15, -0.1) is 10.2 Å². The summed E-state index contributed by atoms with van der Waals surface area (Å²) in [6.45, 7) is 4.06. The van der Waals surface area contributed by atoms with E-state index in [4.69, 9.17) is 0 Å². The molecule has 2 heterocycles.